The van der Waals surface area contributed by atoms with E-state index >= 15 is 0 Å². The van der Waals surface area contributed by atoms with Crippen LogP contribution in [-0.4, -0.2) is 30.8 Å². The average Bonchev–Trinajstić information content (AvgIpc) is 3.37. The molecule has 0 fully saturated rings. The Morgan fingerprint density at radius 3 is 2.63 bits per heavy atom. The van der Waals surface area contributed by atoms with Crippen molar-refractivity contribution >= 4 is 17.1 Å². The molecule has 7 nitrogen and oxygen atoms in total. The quantitative estimate of drug-likeness (QED) is 0.520. The number of nitrogens with zero attached hydrogens (tertiary/aromatic N) is 3. The molecule has 0 aliphatic rings. The van der Waals surface area contributed by atoms with Gasteiger partial charge in [-0.25, -0.2) is 4.39 Å². The highest BCUT2D eigenvalue weighted by atomic mass is 32.1. The Bertz CT molecular complexity index is 1150. The molecule has 136 valence electrons. The van der Waals surface area contributed by atoms with E-state index in [1.807, 2.05) is 0 Å². The van der Waals surface area contributed by atoms with Crippen LogP contribution in [0.25, 0.3) is 16.4 Å². The number of rotatable bonds is 4. The standard InChI is InChI=1S/C18H12FN3O4S/c1-9-6-7-12(26-9)15(23)13-14(10-4-2-3-5-11(10)19)22(17(25)16(13)24)18-21-20-8-27-18/h2-8,24-25H,1H3. The Balaban J connectivity index is 2.06. The summed E-state index contributed by atoms with van der Waals surface area (Å²) in [5.74, 6) is -2.21. The van der Waals surface area contributed by atoms with E-state index in [1.165, 1.54) is 29.8 Å². The van der Waals surface area contributed by atoms with Gasteiger partial charge in [-0.05, 0) is 31.2 Å². The van der Waals surface area contributed by atoms with Gasteiger partial charge in [0.25, 0.3) is 0 Å². The first-order valence-corrected chi connectivity index (χ1v) is 8.66. The molecule has 3 aromatic heterocycles. The lowest BCUT2D eigenvalue weighted by atomic mass is 10.0. The van der Waals surface area contributed by atoms with Crippen LogP contribution in [-0.2, 0) is 0 Å². The molecule has 0 unspecified atom stereocenters. The molecule has 0 saturated heterocycles. The summed E-state index contributed by atoms with van der Waals surface area (Å²) in [5, 5.41) is 28.7. The molecule has 3 heterocycles. The van der Waals surface area contributed by atoms with Crippen LogP contribution in [0, 0.1) is 12.7 Å². The van der Waals surface area contributed by atoms with E-state index in [1.54, 1.807) is 19.1 Å². The fourth-order valence-corrected chi connectivity index (χ4v) is 3.37. The SMILES string of the molecule is Cc1ccc(C(=O)c2c(O)c(O)n(-c3nncs3)c2-c2ccccc2F)o1. The highest BCUT2D eigenvalue weighted by Gasteiger charge is 2.33. The van der Waals surface area contributed by atoms with E-state index in [4.69, 9.17) is 4.42 Å². The number of ketones is 1. The monoisotopic (exact) mass is 385 g/mol. The van der Waals surface area contributed by atoms with Gasteiger partial charge in [0.1, 0.15) is 17.1 Å². The van der Waals surface area contributed by atoms with E-state index in [0.717, 1.165) is 15.9 Å². The zero-order valence-corrected chi connectivity index (χ0v) is 14.7. The maximum Gasteiger partial charge on any atom is 0.242 e. The Kier molecular flexibility index (Phi) is 4.00. The molecule has 0 saturated carbocycles. The molecular formula is C18H12FN3O4S. The molecule has 0 aliphatic carbocycles. The van der Waals surface area contributed by atoms with Gasteiger partial charge in [0.05, 0.1) is 11.3 Å². The van der Waals surface area contributed by atoms with Crippen LogP contribution >= 0.6 is 11.3 Å². The van der Waals surface area contributed by atoms with Crippen LogP contribution in [0.2, 0.25) is 0 Å². The summed E-state index contributed by atoms with van der Waals surface area (Å²) in [6.45, 7) is 1.66. The van der Waals surface area contributed by atoms with Gasteiger partial charge in [0.15, 0.2) is 11.5 Å². The third-order valence-electron chi connectivity index (χ3n) is 3.98. The predicted octanol–water partition coefficient (Wildman–Crippen LogP) is 3.68. The molecule has 27 heavy (non-hydrogen) atoms. The zero-order chi connectivity index (χ0) is 19.1. The van der Waals surface area contributed by atoms with Gasteiger partial charge in [-0.15, -0.1) is 10.2 Å². The molecule has 2 N–H and O–H groups in total. The summed E-state index contributed by atoms with van der Waals surface area (Å²) >= 11 is 1.05. The third-order valence-corrected chi connectivity index (χ3v) is 4.66. The van der Waals surface area contributed by atoms with Crippen LogP contribution in [0.4, 0.5) is 4.39 Å². The summed E-state index contributed by atoms with van der Waals surface area (Å²) in [5.41, 5.74) is 1.09. The predicted molar refractivity (Wildman–Crippen MR) is 94.8 cm³/mol. The fourth-order valence-electron chi connectivity index (χ4n) is 2.80. The van der Waals surface area contributed by atoms with Gasteiger partial charge in [-0.3, -0.25) is 9.36 Å². The number of aryl methyl sites for hydroxylation is 1. The average molecular weight is 385 g/mol. The van der Waals surface area contributed by atoms with Gasteiger partial charge >= 0.3 is 0 Å². The summed E-state index contributed by atoms with van der Waals surface area (Å²) in [7, 11) is 0. The number of aromatic nitrogens is 3. The molecule has 0 atom stereocenters. The maximum absolute atomic E-state index is 14.5. The lowest BCUT2D eigenvalue weighted by Crippen LogP contribution is -2.05. The van der Waals surface area contributed by atoms with Gasteiger partial charge in [-0.1, -0.05) is 23.5 Å². The first kappa shape index (κ1) is 17.0. The Labute approximate surface area is 156 Å². The molecule has 4 rings (SSSR count). The first-order valence-electron chi connectivity index (χ1n) is 7.78. The molecule has 0 aliphatic heterocycles. The van der Waals surface area contributed by atoms with Crippen LogP contribution < -0.4 is 0 Å². The second-order valence-corrected chi connectivity index (χ2v) is 6.48. The van der Waals surface area contributed by atoms with Gasteiger partial charge in [0.2, 0.25) is 16.8 Å². The van der Waals surface area contributed by atoms with Crippen molar-refractivity contribution in [3.8, 4) is 28.0 Å². The Morgan fingerprint density at radius 1 is 1.22 bits per heavy atom. The zero-order valence-electron chi connectivity index (χ0n) is 13.9. The summed E-state index contributed by atoms with van der Waals surface area (Å²) in [6, 6.07) is 8.76. The molecular weight excluding hydrogens is 373 g/mol. The fraction of sp³-hybridized carbons (Fsp3) is 0.0556. The molecule has 1 aromatic carbocycles. The van der Waals surface area contributed by atoms with E-state index < -0.39 is 23.2 Å². The molecule has 0 bridgehead atoms. The van der Waals surface area contributed by atoms with Crippen molar-refractivity contribution in [3.05, 3.63) is 64.8 Å². The minimum Gasteiger partial charge on any atom is -0.503 e. The molecule has 0 amide bonds. The topological polar surface area (TPSA) is 101 Å². The van der Waals surface area contributed by atoms with Crippen LogP contribution in [0.5, 0.6) is 11.6 Å². The number of carbonyl (C=O) groups is 1. The number of carbonyl (C=O) groups excluding carboxylic acids is 1. The maximum atomic E-state index is 14.5. The lowest BCUT2D eigenvalue weighted by molar-refractivity contribution is 0.101. The van der Waals surface area contributed by atoms with Crippen LogP contribution in [0.3, 0.4) is 0 Å². The number of benzene rings is 1. The summed E-state index contributed by atoms with van der Waals surface area (Å²) < 4.78 is 21.0. The van der Waals surface area contributed by atoms with Gasteiger partial charge in [0, 0.05) is 5.56 Å². The van der Waals surface area contributed by atoms with Crippen LogP contribution in [0.15, 0.2) is 46.3 Å². The molecule has 0 radical (unpaired) electrons. The molecule has 0 spiro atoms. The third kappa shape index (κ3) is 2.68. The van der Waals surface area contributed by atoms with Crippen molar-refractivity contribution in [1.29, 1.82) is 0 Å². The highest BCUT2D eigenvalue weighted by Crippen LogP contribution is 2.44. The normalized spacial score (nSPS) is 11.0. The first-order chi connectivity index (χ1) is 13.0. The second kappa shape index (κ2) is 6.36. The van der Waals surface area contributed by atoms with E-state index in [-0.39, 0.29) is 27.7 Å². The largest absolute Gasteiger partial charge is 0.503 e. The number of hydrogen-bond donors (Lipinski definition) is 2. The van der Waals surface area contributed by atoms with Crippen molar-refractivity contribution in [2.75, 3.05) is 0 Å². The van der Waals surface area contributed by atoms with Crippen molar-refractivity contribution in [1.82, 2.24) is 14.8 Å². The lowest BCUT2D eigenvalue weighted by Gasteiger charge is -2.09. The number of furan rings is 1. The van der Waals surface area contributed by atoms with E-state index in [2.05, 4.69) is 10.2 Å². The van der Waals surface area contributed by atoms with Gasteiger partial charge in [-0.2, -0.15) is 0 Å². The summed E-state index contributed by atoms with van der Waals surface area (Å²) in [6.07, 6.45) is 0. The minimum atomic E-state index is -0.697. The van der Waals surface area contributed by atoms with Crippen molar-refractivity contribution in [2.24, 2.45) is 0 Å². The number of hydrogen-bond acceptors (Lipinski definition) is 7. The van der Waals surface area contributed by atoms with Crippen LogP contribution in [0.1, 0.15) is 21.9 Å². The Morgan fingerprint density at radius 2 is 2.00 bits per heavy atom. The van der Waals surface area contributed by atoms with Crippen molar-refractivity contribution in [3.63, 3.8) is 0 Å². The molecule has 4 aromatic rings. The number of aromatic hydroxyl groups is 2. The second-order valence-electron chi connectivity index (χ2n) is 5.67. The van der Waals surface area contributed by atoms with E-state index in [0.29, 0.717) is 5.76 Å². The van der Waals surface area contributed by atoms with Gasteiger partial charge < -0.3 is 14.6 Å². The summed E-state index contributed by atoms with van der Waals surface area (Å²) in [4.78, 5) is 13.0. The number of halogens is 1. The highest BCUT2D eigenvalue weighted by molar-refractivity contribution is 7.11. The Hall–Kier alpha value is -3.46. The van der Waals surface area contributed by atoms with Crippen molar-refractivity contribution < 1.29 is 23.8 Å². The smallest absolute Gasteiger partial charge is 0.242 e. The minimum absolute atomic E-state index is 0.00919. The molecule has 9 heteroatoms. The van der Waals surface area contributed by atoms with Crippen molar-refractivity contribution in [2.45, 2.75) is 6.92 Å². The van der Waals surface area contributed by atoms with E-state index in [9.17, 15) is 19.4 Å².